The zero-order chi connectivity index (χ0) is 22.4. The van der Waals surface area contributed by atoms with E-state index in [4.69, 9.17) is 28.9 Å². The molecule has 162 valence electrons. The molecule has 0 spiro atoms. The highest BCUT2D eigenvalue weighted by molar-refractivity contribution is 7.89. The van der Waals surface area contributed by atoms with Crippen molar-refractivity contribution >= 4 is 49.8 Å². The van der Waals surface area contributed by atoms with E-state index in [-0.39, 0.29) is 5.02 Å². The van der Waals surface area contributed by atoms with Gasteiger partial charge in [-0.3, -0.25) is 0 Å². The lowest BCUT2D eigenvalue weighted by Crippen LogP contribution is -2.48. The molecule has 0 fully saturated rings. The normalized spacial score (nSPS) is 13.7. The lowest BCUT2D eigenvalue weighted by Gasteiger charge is -2.23. The second-order valence-electron chi connectivity index (χ2n) is 6.65. The van der Waals surface area contributed by atoms with Crippen molar-refractivity contribution < 1.29 is 26.0 Å². The summed E-state index contributed by atoms with van der Waals surface area (Å²) in [7, 11) is -4.75. The van der Waals surface area contributed by atoms with Gasteiger partial charge in [0.2, 0.25) is 10.0 Å². The van der Waals surface area contributed by atoms with Gasteiger partial charge in [-0.05, 0) is 42.8 Å². The Kier molecular flexibility index (Phi) is 5.98. The maximum Gasteiger partial charge on any atom is 0.406 e. The molecule has 1 atom stereocenters. The quantitative estimate of drug-likeness (QED) is 0.400. The third-order valence-corrected chi connectivity index (χ3v) is 6.64. The first-order valence-corrected chi connectivity index (χ1v) is 10.6. The molecule has 1 aromatic heterocycles. The number of benzene rings is 2. The summed E-state index contributed by atoms with van der Waals surface area (Å²) >= 11 is 11.6. The minimum Gasteiger partial charge on any atom is -0.398 e. The number of sulfonamides is 1. The van der Waals surface area contributed by atoms with Crippen LogP contribution in [0.15, 0.2) is 41.4 Å². The number of nitrogens with two attached hydrogens (primary N) is 1. The van der Waals surface area contributed by atoms with Crippen LogP contribution in [0.2, 0.25) is 10.0 Å². The van der Waals surface area contributed by atoms with Crippen LogP contribution in [0.4, 0.5) is 23.2 Å². The van der Waals surface area contributed by atoms with E-state index in [1.165, 1.54) is 22.9 Å². The Morgan fingerprint density at radius 1 is 1.20 bits per heavy atom. The van der Waals surface area contributed by atoms with Crippen LogP contribution in [0.1, 0.15) is 5.56 Å². The molecule has 5 nitrogen and oxygen atoms in total. The number of hydrogen-bond donors (Lipinski definition) is 2. The van der Waals surface area contributed by atoms with Gasteiger partial charge in [-0.1, -0.05) is 23.2 Å². The molecule has 12 heteroatoms. The lowest BCUT2D eigenvalue weighted by atomic mass is 10.2. The average Bonchev–Trinajstić information content (AvgIpc) is 2.87. The Morgan fingerprint density at radius 2 is 1.87 bits per heavy atom. The van der Waals surface area contributed by atoms with Crippen molar-refractivity contribution in [3.63, 3.8) is 0 Å². The number of nitrogen functional groups attached to an aromatic ring is 1. The topological polar surface area (TPSA) is 77.1 Å². The summed E-state index contributed by atoms with van der Waals surface area (Å²) in [5.41, 5.74) is 6.10. The van der Waals surface area contributed by atoms with E-state index in [2.05, 4.69) is 0 Å². The third-order valence-electron chi connectivity index (χ3n) is 4.42. The van der Waals surface area contributed by atoms with Crippen LogP contribution in [-0.4, -0.2) is 25.2 Å². The smallest absolute Gasteiger partial charge is 0.398 e. The van der Waals surface area contributed by atoms with Gasteiger partial charge in [-0.15, -0.1) is 0 Å². The van der Waals surface area contributed by atoms with Gasteiger partial charge in [0.15, 0.2) is 0 Å². The largest absolute Gasteiger partial charge is 0.406 e. The molecule has 0 amide bonds. The van der Waals surface area contributed by atoms with Crippen molar-refractivity contribution in [1.82, 2.24) is 9.29 Å². The monoisotopic (exact) mass is 483 g/mol. The predicted molar refractivity (Wildman–Crippen MR) is 108 cm³/mol. The zero-order valence-electron chi connectivity index (χ0n) is 15.3. The molecular weight excluding hydrogens is 469 g/mol. The fraction of sp³-hybridized carbons (Fsp3) is 0.222. The minimum absolute atomic E-state index is 0.0327. The number of nitrogens with one attached hydrogen (secondary N) is 1. The fourth-order valence-corrected chi connectivity index (χ4v) is 5.31. The molecule has 3 N–H and O–H groups in total. The first-order valence-electron chi connectivity index (χ1n) is 8.38. The summed E-state index contributed by atoms with van der Waals surface area (Å²) in [6.07, 6.45) is -3.55. The van der Waals surface area contributed by atoms with Gasteiger partial charge < -0.3 is 10.3 Å². The second kappa shape index (κ2) is 7.92. The number of hydrogen-bond acceptors (Lipinski definition) is 3. The average molecular weight is 484 g/mol. The van der Waals surface area contributed by atoms with Crippen molar-refractivity contribution in [3.8, 4) is 0 Å². The molecule has 0 aliphatic carbocycles. The Balaban J connectivity index is 2.01. The van der Waals surface area contributed by atoms with Gasteiger partial charge in [0.1, 0.15) is 16.8 Å². The highest BCUT2D eigenvalue weighted by atomic mass is 35.5. The van der Waals surface area contributed by atoms with Gasteiger partial charge in [0.25, 0.3) is 0 Å². The molecule has 0 aliphatic heterocycles. The van der Waals surface area contributed by atoms with Gasteiger partial charge in [-0.25, -0.2) is 12.8 Å². The molecule has 1 unspecified atom stereocenters. The molecule has 0 radical (unpaired) electrons. The minimum atomic E-state index is -4.94. The first-order chi connectivity index (χ1) is 13.8. The molecule has 0 saturated carbocycles. The highest BCUT2D eigenvalue weighted by Crippen LogP contribution is 2.33. The summed E-state index contributed by atoms with van der Waals surface area (Å²) in [4.78, 5) is -0.696. The maximum absolute atomic E-state index is 13.7. The van der Waals surface area contributed by atoms with Crippen LogP contribution in [0.5, 0.6) is 0 Å². The number of nitrogens with zero attached hydrogens (tertiary/aromatic N) is 1. The van der Waals surface area contributed by atoms with Crippen LogP contribution < -0.4 is 10.5 Å². The molecule has 3 rings (SSSR count). The number of halogens is 6. The van der Waals surface area contributed by atoms with Gasteiger partial charge in [0, 0.05) is 28.7 Å². The Hall–Kier alpha value is -2.01. The molecule has 2 aromatic carbocycles. The maximum atomic E-state index is 13.7. The molecule has 3 aromatic rings. The Labute approximate surface area is 179 Å². The number of fused-ring (bicyclic) bond motifs is 1. The molecule has 0 bridgehead atoms. The molecule has 0 aliphatic rings. The van der Waals surface area contributed by atoms with Crippen LogP contribution in [0.25, 0.3) is 10.9 Å². The fourth-order valence-electron chi connectivity index (χ4n) is 3.11. The van der Waals surface area contributed by atoms with E-state index in [0.717, 1.165) is 18.2 Å². The Morgan fingerprint density at radius 3 is 2.47 bits per heavy atom. The van der Waals surface area contributed by atoms with Crippen molar-refractivity contribution in [2.75, 3.05) is 5.73 Å². The number of anilines is 1. The summed E-state index contributed by atoms with van der Waals surface area (Å²) < 4.78 is 82.8. The lowest BCUT2D eigenvalue weighted by molar-refractivity contribution is -0.154. The number of aromatic nitrogens is 1. The van der Waals surface area contributed by atoms with Gasteiger partial charge in [-0.2, -0.15) is 17.9 Å². The third kappa shape index (κ3) is 4.51. The highest BCUT2D eigenvalue weighted by Gasteiger charge is 2.43. The number of rotatable bonds is 5. The van der Waals surface area contributed by atoms with Crippen molar-refractivity contribution in [2.45, 2.75) is 30.6 Å². The van der Waals surface area contributed by atoms with Crippen LogP contribution in [0.3, 0.4) is 0 Å². The SMILES string of the molecule is Cc1cn(CC(NS(=O)(=O)c2c(N)cc(Cl)cc2Cl)C(F)(F)F)c2ccc(F)cc12. The summed E-state index contributed by atoms with van der Waals surface area (Å²) in [5, 5.41) is 0.0419. The van der Waals surface area contributed by atoms with Gasteiger partial charge in [0.05, 0.1) is 10.7 Å². The molecule has 1 heterocycles. The molecular formula is C18H15Cl2F4N3O2S. The van der Waals surface area contributed by atoms with Crippen molar-refractivity contribution in [2.24, 2.45) is 0 Å². The van der Waals surface area contributed by atoms with Crippen LogP contribution in [-0.2, 0) is 16.6 Å². The van der Waals surface area contributed by atoms with E-state index in [9.17, 15) is 26.0 Å². The van der Waals surface area contributed by atoms with Crippen LogP contribution >= 0.6 is 23.2 Å². The van der Waals surface area contributed by atoms with E-state index in [1.54, 1.807) is 11.6 Å². The van der Waals surface area contributed by atoms with Crippen molar-refractivity contribution in [1.29, 1.82) is 0 Å². The Bertz CT molecular complexity index is 1200. The first kappa shape index (κ1) is 22.7. The summed E-state index contributed by atoms with van der Waals surface area (Å²) in [6.45, 7) is 0.822. The van der Waals surface area contributed by atoms with Crippen molar-refractivity contribution in [3.05, 3.63) is 58.0 Å². The predicted octanol–water partition coefficient (Wildman–Crippen LogP) is 4.89. The zero-order valence-corrected chi connectivity index (χ0v) is 17.6. The standard InChI is InChI=1S/C18H15Cl2F4N3O2S/c1-9-7-27(15-3-2-11(21)6-12(9)15)8-16(18(22,23)24)26-30(28,29)17-13(20)4-10(19)5-14(17)25/h2-7,16,26H,8,25H2,1H3. The summed E-state index contributed by atoms with van der Waals surface area (Å²) in [5.74, 6) is -0.538. The number of aryl methyl sites for hydroxylation is 1. The van der Waals surface area contributed by atoms with E-state index >= 15 is 0 Å². The number of alkyl halides is 3. The van der Waals surface area contributed by atoms with E-state index in [0.29, 0.717) is 16.5 Å². The van der Waals surface area contributed by atoms with E-state index in [1.807, 2.05) is 0 Å². The van der Waals surface area contributed by atoms with Crippen LogP contribution in [0, 0.1) is 12.7 Å². The van der Waals surface area contributed by atoms with Gasteiger partial charge >= 0.3 is 6.18 Å². The molecule has 30 heavy (non-hydrogen) atoms. The van der Waals surface area contributed by atoms with E-state index < -0.39 is 50.2 Å². The second-order valence-corrected chi connectivity index (χ2v) is 9.14. The summed E-state index contributed by atoms with van der Waals surface area (Å²) in [6, 6.07) is 3.26. The molecule has 0 saturated heterocycles.